The van der Waals surface area contributed by atoms with E-state index >= 15 is 0 Å². The summed E-state index contributed by atoms with van der Waals surface area (Å²) in [5.74, 6) is 0.335. The van der Waals surface area contributed by atoms with Crippen molar-refractivity contribution in [2.45, 2.75) is 0 Å². The number of halogens is 1. The molecule has 0 aliphatic rings. The van der Waals surface area contributed by atoms with E-state index in [1.54, 1.807) is 24.3 Å². The smallest absolute Gasteiger partial charge is 0.413 e. The Bertz CT molecular complexity index is 450. The maximum Gasteiger partial charge on any atom is 0.413 e. The van der Waals surface area contributed by atoms with Crippen LogP contribution in [0.2, 0.25) is 5.02 Å². The summed E-state index contributed by atoms with van der Waals surface area (Å²) in [7, 11) is 3.04. The summed E-state index contributed by atoms with van der Waals surface area (Å²) in [6, 6.07) is 7.05. The summed E-state index contributed by atoms with van der Waals surface area (Å²) in [4.78, 5) is 23.2. The quantitative estimate of drug-likeness (QED) is 0.783. The second-order valence-electron chi connectivity index (χ2n) is 4.23. The van der Waals surface area contributed by atoms with Crippen molar-refractivity contribution in [2.24, 2.45) is 0 Å². The number of likely N-dealkylation sites (N-methyl/N-ethyl adjacent to an activating group) is 1. The molecule has 2 N–H and O–H groups in total. The molecule has 0 saturated heterocycles. The van der Waals surface area contributed by atoms with Gasteiger partial charge < -0.3 is 14.4 Å². The van der Waals surface area contributed by atoms with Crippen molar-refractivity contribution in [3.63, 3.8) is 0 Å². The van der Waals surface area contributed by atoms with Gasteiger partial charge in [0.25, 0.3) is 5.91 Å². The molecule has 20 heavy (non-hydrogen) atoms. The lowest BCUT2D eigenvalue weighted by molar-refractivity contribution is -0.871. The minimum Gasteiger partial charge on any atom is -0.488 e. The van der Waals surface area contributed by atoms with Crippen LogP contribution in [0.1, 0.15) is 0 Å². The number of imide groups is 1. The molecule has 1 rings (SSSR count). The highest BCUT2D eigenvalue weighted by Crippen LogP contribution is 2.14. The number of amides is 2. The third kappa shape index (κ3) is 6.40. The monoisotopic (exact) mass is 301 g/mol. The fraction of sp³-hybridized carbons (Fsp3) is 0.385. The molecular formula is C13H18ClN2O4+. The van der Waals surface area contributed by atoms with Gasteiger partial charge in [0.05, 0.1) is 14.2 Å². The SMILES string of the molecule is COC(=O)NC(=O)C[NH+](C)CCOc1ccc(Cl)cc1. The lowest BCUT2D eigenvalue weighted by atomic mass is 10.3. The molecule has 0 bridgehead atoms. The van der Waals surface area contributed by atoms with Crippen LogP contribution in [-0.4, -0.2) is 45.9 Å². The summed E-state index contributed by atoms with van der Waals surface area (Å²) >= 11 is 5.77. The Hall–Kier alpha value is -1.79. The number of carbonyl (C=O) groups is 2. The number of benzene rings is 1. The molecular weight excluding hydrogens is 284 g/mol. The molecule has 1 aromatic carbocycles. The number of nitrogens with one attached hydrogen (secondary N) is 2. The van der Waals surface area contributed by atoms with Crippen molar-refractivity contribution in [1.82, 2.24) is 5.32 Å². The van der Waals surface area contributed by atoms with Gasteiger partial charge in [-0.15, -0.1) is 0 Å². The second-order valence-corrected chi connectivity index (χ2v) is 4.66. The average molecular weight is 302 g/mol. The number of alkyl carbamates (subject to hydrolysis) is 1. The maximum absolute atomic E-state index is 11.4. The van der Waals surface area contributed by atoms with Crippen LogP contribution in [-0.2, 0) is 9.53 Å². The van der Waals surface area contributed by atoms with Crippen LogP contribution < -0.4 is 15.0 Å². The predicted octanol–water partition coefficient (Wildman–Crippen LogP) is 0.116. The third-order valence-electron chi connectivity index (χ3n) is 2.50. The van der Waals surface area contributed by atoms with Crippen LogP contribution in [0, 0.1) is 0 Å². The van der Waals surface area contributed by atoms with E-state index in [1.807, 2.05) is 7.05 Å². The number of carbonyl (C=O) groups excluding carboxylic acids is 2. The van der Waals surface area contributed by atoms with E-state index in [0.29, 0.717) is 18.2 Å². The number of rotatable bonds is 6. The van der Waals surface area contributed by atoms with Crippen molar-refractivity contribution in [2.75, 3.05) is 33.9 Å². The van der Waals surface area contributed by atoms with Gasteiger partial charge in [0.1, 0.15) is 18.9 Å². The van der Waals surface area contributed by atoms with E-state index in [-0.39, 0.29) is 12.5 Å². The fourth-order valence-electron chi connectivity index (χ4n) is 1.45. The Balaban J connectivity index is 2.22. The van der Waals surface area contributed by atoms with Gasteiger partial charge in [0.15, 0.2) is 6.54 Å². The maximum atomic E-state index is 11.4. The van der Waals surface area contributed by atoms with Crippen LogP contribution in [0.4, 0.5) is 4.79 Å². The number of ether oxygens (including phenoxy) is 2. The van der Waals surface area contributed by atoms with Crippen molar-refractivity contribution < 1.29 is 24.0 Å². The molecule has 0 fully saturated rings. The minimum atomic E-state index is -0.750. The van der Waals surface area contributed by atoms with E-state index in [9.17, 15) is 9.59 Å². The largest absolute Gasteiger partial charge is 0.488 e. The summed E-state index contributed by atoms with van der Waals surface area (Å²) in [5, 5.41) is 2.75. The summed E-state index contributed by atoms with van der Waals surface area (Å²) in [6.45, 7) is 1.25. The molecule has 2 amide bonds. The zero-order chi connectivity index (χ0) is 15.0. The molecule has 0 spiro atoms. The Morgan fingerprint density at radius 3 is 2.55 bits per heavy atom. The second kappa shape index (κ2) is 8.39. The molecule has 0 aromatic heterocycles. The van der Waals surface area contributed by atoms with Crippen LogP contribution in [0.15, 0.2) is 24.3 Å². The first-order chi connectivity index (χ1) is 9.51. The Morgan fingerprint density at radius 2 is 1.95 bits per heavy atom. The zero-order valence-electron chi connectivity index (χ0n) is 11.4. The predicted molar refractivity (Wildman–Crippen MR) is 74.1 cm³/mol. The number of quaternary nitrogens is 1. The van der Waals surface area contributed by atoms with Gasteiger partial charge in [-0.1, -0.05) is 11.6 Å². The van der Waals surface area contributed by atoms with E-state index in [0.717, 1.165) is 10.6 Å². The van der Waals surface area contributed by atoms with Gasteiger partial charge in [-0.05, 0) is 24.3 Å². The molecule has 1 atom stereocenters. The lowest BCUT2D eigenvalue weighted by Crippen LogP contribution is -3.10. The van der Waals surface area contributed by atoms with E-state index in [4.69, 9.17) is 16.3 Å². The van der Waals surface area contributed by atoms with Gasteiger partial charge in [0, 0.05) is 5.02 Å². The van der Waals surface area contributed by atoms with Gasteiger partial charge in [-0.3, -0.25) is 10.1 Å². The van der Waals surface area contributed by atoms with Gasteiger partial charge in [-0.2, -0.15) is 0 Å². The molecule has 0 heterocycles. The van der Waals surface area contributed by atoms with Crippen LogP contribution in [0.3, 0.4) is 0 Å². The van der Waals surface area contributed by atoms with E-state index < -0.39 is 6.09 Å². The first-order valence-electron chi connectivity index (χ1n) is 6.08. The van der Waals surface area contributed by atoms with Gasteiger partial charge in [0.2, 0.25) is 0 Å². The van der Waals surface area contributed by atoms with E-state index in [2.05, 4.69) is 10.1 Å². The normalized spacial score (nSPS) is 11.6. The van der Waals surface area contributed by atoms with Crippen molar-refractivity contribution in [3.05, 3.63) is 29.3 Å². The Labute approximate surface area is 122 Å². The van der Waals surface area contributed by atoms with Crippen molar-refractivity contribution in [1.29, 1.82) is 0 Å². The summed E-state index contributed by atoms with van der Waals surface area (Å²) in [5.41, 5.74) is 0. The molecule has 6 nitrogen and oxygen atoms in total. The molecule has 0 aliphatic carbocycles. The Morgan fingerprint density at radius 1 is 1.30 bits per heavy atom. The minimum absolute atomic E-state index is 0.166. The van der Waals surface area contributed by atoms with Gasteiger partial charge >= 0.3 is 6.09 Å². The Kier molecular flexibility index (Phi) is 6.83. The average Bonchev–Trinajstić information content (AvgIpc) is 2.40. The highest BCUT2D eigenvalue weighted by molar-refractivity contribution is 6.30. The van der Waals surface area contributed by atoms with Crippen LogP contribution in [0.25, 0.3) is 0 Å². The molecule has 0 aliphatic heterocycles. The summed E-state index contributed by atoms with van der Waals surface area (Å²) in [6.07, 6.45) is -0.750. The molecule has 0 saturated carbocycles. The third-order valence-corrected chi connectivity index (χ3v) is 2.75. The van der Waals surface area contributed by atoms with Crippen LogP contribution in [0.5, 0.6) is 5.75 Å². The highest BCUT2D eigenvalue weighted by Gasteiger charge is 2.13. The topological polar surface area (TPSA) is 69.1 Å². The zero-order valence-corrected chi connectivity index (χ0v) is 12.2. The molecule has 1 unspecified atom stereocenters. The molecule has 1 aromatic rings. The van der Waals surface area contributed by atoms with E-state index in [1.165, 1.54) is 7.11 Å². The number of hydrogen-bond acceptors (Lipinski definition) is 4. The lowest BCUT2D eigenvalue weighted by Gasteiger charge is -2.13. The molecule has 7 heteroatoms. The van der Waals surface area contributed by atoms with Crippen molar-refractivity contribution in [3.8, 4) is 5.75 Å². The van der Waals surface area contributed by atoms with Crippen molar-refractivity contribution >= 4 is 23.6 Å². The van der Waals surface area contributed by atoms with Crippen LogP contribution >= 0.6 is 11.6 Å². The molecule has 110 valence electrons. The highest BCUT2D eigenvalue weighted by atomic mass is 35.5. The fourth-order valence-corrected chi connectivity index (χ4v) is 1.57. The first kappa shape index (κ1) is 16.3. The van der Waals surface area contributed by atoms with Gasteiger partial charge in [-0.25, -0.2) is 4.79 Å². The summed E-state index contributed by atoms with van der Waals surface area (Å²) < 4.78 is 9.85. The standard InChI is InChI=1S/C13H17ClN2O4/c1-16(9-12(17)15-13(18)19-2)7-8-20-11-5-3-10(14)4-6-11/h3-6H,7-9H2,1-2H3,(H,15,17,18)/p+1. The number of hydrogen-bond donors (Lipinski definition) is 2. The first-order valence-corrected chi connectivity index (χ1v) is 6.46. The molecule has 0 radical (unpaired) electrons. The number of methoxy groups -OCH3 is 1.